The maximum Gasteiger partial charge on any atom is 0.518 e. The monoisotopic (exact) mass is 778 g/mol. The smallest absolute Gasteiger partial charge is 0.398 e. The zero-order chi connectivity index (χ0) is 40.5. The molecule has 0 unspecified atom stereocenters. The van der Waals surface area contributed by atoms with Crippen molar-refractivity contribution in [2.45, 2.75) is 115 Å². The summed E-state index contributed by atoms with van der Waals surface area (Å²) in [6.07, 6.45) is 5.49. The first-order valence-electron chi connectivity index (χ1n) is 20.2. The minimum absolute atomic E-state index is 0.0144. The summed E-state index contributed by atoms with van der Waals surface area (Å²) >= 11 is 0. The Morgan fingerprint density at radius 2 is 1.02 bits per heavy atom. The number of ether oxygens (including phenoxy) is 2. The molecule has 13 heteroatoms. The van der Waals surface area contributed by atoms with E-state index in [-0.39, 0.29) is 60.9 Å². The van der Waals surface area contributed by atoms with Crippen molar-refractivity contribution in [1.82, 2.24) is 0 Å². The molecule has 0 aliphatic heterocycles. The fraction of sp³-hybridized carbons (Fsp3) is 0.698. The summed E-state index contributed by atoms with van der Waals surface area (Å²) in [5.74, 6) is -4.16. The molecule has 0 amide bonds. The highest BCUT2D eigenvalue weighted by Gasteiger charge is 2.71. The fourth-order valence-electron chi connectivity index (χ4n) is 14.5. The van der Waals surface area contributed by atoms with E-state index in [1.54, 1.807) is 13.8 Å². The largest absolute Gasteiger partial charge is 0.518 e. The number of rotatable bonds is 6. The number of carbonyl (C=O) groups is 5. The van der Waals surface area contributed by atoms with E-state index in [0.717, 1.165) is 0 Å². The second-order valence-corrected chi connectivity index (χ2v) is 19.0. The van der Waals surface area contributed by atoms with E-state index in [4.69, 9.17) is 9.47 Å². The maximum absolute atomic E-state index is 14.1. The van der Waals surface area contributed by atoms with Gasteiger partial charge in [-0.3, -0.25) is 19.2 Å². The third-order valence-electron chi connectivity index (χ3n) is 17.2. The first kappa shape index (κ1) is 39.5. The molecule has 0 aromatic carbocycles. The molecule has 8 aliphatic rings. The van der Waals surface area contributed by atoms with E-state index < -0.39 is 99.4 Å². The molecule has 14 atom stereocenters. The van der Waals surface area contributed by atoms with E-state index in [1.165, 1.54) is 24.3 Å². The Bertz CT molecular complexity index is 1790. The highest BCUT2D eigenvalue weighted by Crippen LogP contribution is 2.70. The molecule has 56 heavy (non-hydrogen) atoms. The van der Waals surface area contributed by atoms with E-state index >= 15 is 0 Å². The number of Topliss-reactive ketones (excluding diaryl/α,β-unsaturated/α-hetero) is 2. The molecule has 13 nitrogen and oxygen atoms in total. The van der Waals surface area contributed by atoms with Crippen LogP contribution in [0.25, 0.3) is 0 Å². The van der Waals surface area contributed by atoms with Crippen LogP contribution in [0.15, 0.2) is 47.0 Å². The summed E-state index contributed by atoms with van der Waals surface area (Å²) in [7, 11) is 0. The summed E-state index contributed by atoms with van der Waals surface area (Å²) < 4.78 is 12.0. The number of carbonyl (C=O) groups excluding carboxylic acids is 5. The Balaban J connectivity index is 1.08. The Morgan fingerprint density at radius 3 is 1.38 bits per heavy atom. The lowest BCUT2D eigenvalue weighted by molar-refractivity contribution is -0.181. The molecule has 6 saturated carbocycles. The van der Waals surface area contributed by atoms with Crippen LogP contribution in [0.1, 0.15) is 91.9 Å². The molecule has 6 fully saturated rings. The molecule has 0 heterocycles. The zero-order valence-electron chi connectivity index (χ0n) is 32.5. The van der Waals surface area contributed by atoms with Crippen LogP contribution in [0.5, 0.6) is 0 Å². The van der Waals surface area contributed by atoms with Gasteiger partial charge in [0.2, 0.25) is 0 Å². The van der Waals surface area contributed by atoms with Gasteiger partial charge in [-0.25, -0.2) is 4.79 Å². The number of fused-ring (bicyclic) bond motifs is 10. The van der Waals surface area contributed by atoms with E-state index in [2.05, 4.69) is 0 Å². The molecule has 0 spiro atoms. The van der Waals surface area contributed by atoms with Gasteiger partial charge in [-0.05, 0) is 114 Å². The fourth-order valence-corrected chi connectivity index (χ4v) is 14.5. The third kappa shape index (κ3) is 4.97. The van der Waals surface area contributed by atoms with Crippen molar-refractivity contribution in [3.63, 3.8) is 0 Å². The molecule has 0 aromatic heterocycles. The van der Waals surface area contributed by atoms with Gasteiger partial charge < -0.3 is 40.1 Å². The van der Waals surface area contributed by atoms with Crippen LogP contribution in [0, 0.1) is 57.2 Å². The normalized spacial score (nSPS) is 47.7. The van der Waals surface area contributed by atoms with E-state index in [9.17, 15) is 54.6 Å². The Labute approximate surface area is 325 Å². The molecule has 0 bridgehead atoms. The van der Waals surface area contributed by atoms with Gasteiger partial charge in [-0.15, -0.1) is 0 Å². The number of aliphatic hydroxyl groups excluding tert-OH is 4. The Hall–Kier alpha value is -3.33. The van der Waals surface area contributed by atoms with Crippen LogP contribution >= 0.6 is 0 Å². The number of ketones is 4. The summed E-state index contributed by atoms with van der Waals surface area (Å²) in [6, 6.07) is 0. The number of hydrogen-bond donors (Lipinski definition) is 6. The minimum Gasteiger partial charge on any atom is -0.398 e. The highest BCUT2D eigenvalue weighted by atomic mass is 16.7. The van der Waals surface area contributed by atoms with Gasteiger partial charge in [-0.1, -0.05) is 25.0 Å². The van der Waals surface area contributed by atoms with Gasteiger partial charge in [0.15, 0.2) is 23.1 Å². The van der Waals surface area contributed by atoms with Gasteiger partial charge in [-0.2, -0.15) is 0 Å². The van der Waals surface area contributed by atoms with Gasteiger partial charge >= 0.3 is 6.16 Å². The first-order chi connectivity index (χ1) is 26.2. The van der Waals surface area contributed by atoms with Crippen LogP contribution in [0.2, 0.25) is 0 Å². The lowest BCUT2D eigenvalue weighted by Gasteiger charge is -2.60. The van der Waals surface area contributed by atoms with Crippen LogP contribution in [-0.2, 0) is 28.7 Å². The molecule has 0 saturated heterocycles. The van der Waals surface area contributed by atoms with Crippen molar-refractivity contribution in [1.29, 1.82) is 0 Å². The first-order valence-corrected chi connectivity index (χ1v) is 20.2. The molecule has 8 aliphatic carbocycles. The van der Waals surface area contributed by atoms with Crippen molar-refractivity contribution in [3.05, 3.63) is 47.0 Å². The molecular weight excluding hydrogens is 724 g/mol. The van der Waals surface area contributed by atoms with Crippen molar-refractivity contribution < 1.29 is 64.1 Å². The summed E-state index contributed by atoms with van der Waals surface area (Å²) in [5.41, 5.74) is -6.55. The third-order valence-corrected chi connectivity index (χ3v) is 17.2. The van der Waals surface area contributed by atoms with Gasteiger partial charge in [0, 0.05) is 34.8 Å². The number of allylic oxidation sites excluding steroid dienone is 6. The molecule has 6 N–H and O–H groups in total. The van der Waals surface area contributed by atoms with Crippen molar-refractivity contribution in [2.24, 2.45) is 57.2 Å². The van der Waals surface area contributed by atoms with Crippen LogP contribution in [0.3, 0.4) is 0 Å². The topological polar surface area (TPSA) is 225 Å². The predicted octanol–water partition coefficient (Wildman–Crippen LogP) is 2.94. The van der Waals surface area contributed by atoms with Gasteiger partial charge in [0.05, 0.1) is 23.0 Å². The standard InChI is InChI=1S/C43H54O13/c1-38-17-29(48)35-25(27(38)9-11-42(38,53)31(50)19-44)7-5-21-13-23(46)15-33(40(21,35)3)55-37(52)56-34-16-24(47)14-22-6-8-26-28-10-12-43(54,32(51)20-45)39(28,2)18-30(49)36(26)41(22,34)4/h13-16,25-30,35-36,44-45,48-49,53-54H,5-12,17-20H2,1-4H3/t25-,26-,27-,28-,29-,30-,35+,36+,38-,39-,40+,41+,42-,43-/m0/s1. The zero-order valence-corrected chi connectivity index (χ0v) is 32.5. The van der Waals surface area contributed by atoms with E-state index in [0.29, 0.717) is 49.7 Å². The summed E-state index contributed by atoms with van der Waals surface area (Å²) in [4.78, 5) is 66.1. The summed E-state index contributed by atoms with van der Waals surface area (Å²) in [6.45, 7) is 5.61. The van der Waals surface area contributed by atoms with Crippen LogP contribution < -0.4 is 0 Å². The minimum atomic E-state index is -1.80. The van der Waals surface area contributed by atoms with Crippen LogP contribution in [-0.4, -0.2) is 96.6 Å². The molecule has 0 aromatic rings. The van der Waals surface area contributed by atoms with E-state index in [1.807, 2.05) is 13.8 Å². The molecule has 0 radical (unpaired) electrons. The SMILES string of the molecule is C[C@@]12C(=CC(=O)C=C1OC(=O)OC1=CC(=O)C=C3CC[C@@H]4[C@H]([C@@H](O)C[C@@]5(C)[C@H]4CC[C@]5(O)C(=O)CO)[C@]31C)CC[C@@H]1[C@@H]2[C@@H](O)C[C@@]2(C)[C@H]1CC[C@]2(O)C(=O)CO. The Kier molecular flexibility index (Phi) is 9.05. The lowest BCUT2D eigenvalue weighted by Crippen LogP contribution is -2.62. The van der Waals surface area contributed by atoms with Gasteiger partial charge in [0.25, 0.3) is 0 Å². The highest BCUT2D eigenvalue weighted by molar-refractivity contribution is 6.03. The van der Waals surface area contributed by atoms with Crippen LogP contribution in [0.4, 0.5) is 4.79 Å². The molecule has 8 rings (SSSR count). The van der Waals surface area contributed by atoms with Crippen molar-refractivity contribution in [3.8, 4) is 0 Å². The van der Waals surface area contributed by atoms with Gasteiger partial charge in [0.1, 0.15) is 35.9 Å². The van der Waals surface area contributed by atoms with Crippen molar-refractivity contribution >= 4 is 29.3 Å². The Morgan fingerprint density at radius 1 is 0.643 bits per heavy atom. The second kappa shape index (κ2) is 12.8. The quantitative estimate of drug-likeness (QED) is 0.214. The number of aliphatic hydroxyl groups is 6. The lowest BCUT2D eigenvalue weighted by atomic mass is 9.45. The number of hydrogen-bond acceptors (Lipinski definition) is 13. The molecular formula is C43H54O13. The second-order valence-electron chi connectivity index (χ2n) is 19.0. The van der Waals surface area contributed by atoms with Crippen molar-refractivity contribution in [2.75, 3.05) is 13.2 Å². The maximum atomic E-state index is 14.1. The molecule has 304 valence electrons. The summed E-state index contributed by atoms with van der Waals surface area (Å²) in [5, 5.41) is 66.7. The average molecular weight is 779 g/mol. The predicted molar refractivity (Wildman–Crippen MR) is 196 cm³/mol. The average Bonchev–Trinajstić information content (AvgIpc) is 3.57.